The Labute approximate surface area is 122 Å². The highest BCUT2D eigenvalue weighted by atomic mass is 35.5. The van der Waals surface area contributed by atoms with Gasteiger partial charge in [0.25, 0.3) is 5.69 Å². The first-order valence-electron chi connectivity index (χ1n) is 5.62. The lowest BCUT2D eigenvalue weighted by Gasteiger charge is -1.98. The number of benzene rings is 1. The normalized spacial score (nSPS) is 10.8. The Morgan fingerprint density at radius 1 is 1.30 bits per heavy atom. The van der Waals surface area contributed by atoms with Crippen LogP contribution in [0.2, 0.25) is 4.34 Å². The van der Waals surface area contributed by atoms with E-state index in [0.29, 0.717) is 20.1 Å². The molecule has 0 aliphatic heterocycles. The Hall–Kier alpha value is -2.18. The number of H-pyrrole nitrogens is 1. The molecule has 0 amide bonds. The number of nitrogens with one attached hydrogen (secondary N) is 1. The average Bonchev–Trinajstić information content (AvgIpc) is 3.03. The van der Waals surface area contributed by atoms with Gasteiger partial charge in [-0.2, -0.15) is 0 Å². The van der Waals surface area contributed by atoms with Crippen LogP contribution in [-0.2, 0) is 0 Å². The number of nitro groups is 1. The van der Waals surface area contributed by atoms with E-state index in [0.717, 1.165) is 11.3 Å². The van der Waals surface area contributed by atoms with E-state index in [2.05, 4.69) is 4.98 Å². The molecule has 5 nitrogen and oxygen atoms in total. The molecule has 0 aliphatic rings. The minimum absolute atomic E-state index is 0.0882. The summed E-state index contributed by atoms with van der Waals surface area (Å²) in [5.41, 5.74) is 0.755. The molecule has 0 saturated heterocycles. The van der Waals surface area contributed by atoms with E-state index in [9.17, 15) is 14.9 Å². The van der Waals surface area contributed by atoms with E-state index in [4.69, 9.17) is 11.6 Å². The maximum absolute atomic E-state index is 12.4. The van der Waals surface area contributed by atoms with Crippen molar-refractivity contribution in [1.29, 1.82) is 0 Å². The number of thiophene rings is 1. The number of nitro benzene ring substituents is 1. The maximum Gasteiger partial charge on any atom is 0.279 e. The monoisotopic (exact) mass is 306 g/mol. The molecule has 0 fully saturated rings. The van der Waals surface area contributed by atoms with Crippen LogP contribution in [0.4, 0.5) is 5.69 Å². The molecule has 0 bridgehead atoms. The van der Waals surface area contributed by atoms with Gasteiger partial charge in [-0.05, 0) is 18.2 Å². The summed E-state index contributed by atoms with van der Waals surface area (Å²) >= 11 is 6.97. The van der Waals surface area contributed by atoms with E-state index in [1.54, 1.807) is 24.3 Å². The van der Waals surface area contributed by atoms with Crippen LogP contribution >= 0.6 is 22.9 Å². The first kappa shape index (κ1) is 12.8. The van der Waals surface area contributed by atoms with E-state index >= 15 is 0 Å². The van der Waals surface area contributed by atoms with Crippen LogP contribution in [0.5, 0.6) is 0 Å². The fourth-order valence-electron chi connectivity index (χ4n) is 2.07. The summed E-state index contributed by atoms with van der Waals surface area (Å²) in [5.74, 6) is -0.276. The van der Waals surface area contributed by atoms with E-state index in [1.165, 1.54) is 12.3 Å². The molecule has 0 spiro atoms. The second-order valence-electron chi connectivity index (χ2n) is 4.09. The highest BCUT2D eigenvalue weighted by Crippen LogP contribution is 2.32. The standard InChI is InChI=1S/C13H7ClN2O3S/c14-11-5-4-10(20-11)13(17)7-6-15-8-2-1-3-9(12(7)8)16(18)19/h1-6,15H. The molecule has 1 N–H and O–H groups in total. The zero-order valence-corrected chi connectivity index (χ0v) is 11.5. The zero-order chi connectivity index (χ0) is 14.3. The second-order valence-corrected chi connectivity index (χ2v) is 5.81. The first-order valence-corrected chi connectivity index (χ1v) is 6.82. The minimum Gasteiger partial charge on any atom is -0.360 e. The van der Waals surface area contributed by atoms with Crippen molar-refractivity contribution in [2.45, 2.75) is 0 Å². The number of halogens is 1. The Kier molecular flexibility index (Phi) is 3.04. The van der Waals surface area contributed by atoms with Gasteiger partial charge in [0.15, 0.2) is 0 Å². The Morgan fingerprint density at radius 2 is 2.10 bits per heavy atom. The van der Waals surface area contributed by atoms with Gasteiger partial charge in [-0.25, -0.2) is 0 Å². The van der Waals surface area contributed by atoms with Gasteiger partial charge in [-0.1, -0.05) is 17.7 Å². The molecule has 0 aliphatic carbocycles. The fourth-order valence-corrected chi connectivity index (χ4v) is 3.06. The molecule has 7 heteroatoms. The van der Waals surface area contributed by atoms with Crippen molar-refractivity contribution in [3.05, 3.63) is 61.4 Å². The number of hydrogen-bond acceptors (Lipinski definition) is 4. The Bertz CT molecular complexity index is 837. The van der Waals surface area contributed by atoms with Crippen LogP contribution in [0.15, 0.2) is 36.5 Å². The highest BCUT2D eigenvalue weighted by molar-refractivity contribution is 7.18. The number of aromatic amines is 1. The van der Waals surface area contributed by atoms with Crippen molar-refractivity contribution in [2.24, 2.45) is 0 Å². The second kappa shape index (κ2) is 4.73. The Balaban J connectivity index is 2.22. The fraction of sp³-hybridized carbons (Fsp3) is 0. The van der Waals surface area contributed by atoms with Crippen molar-refractivity contribution in [1.82, 2.24) is 4.98 Å². The molecule has 0 saturated carbocycles. The minimum atomic E-state index is -0.492. The van der Waals surface area contributed by atoms with Crippen LogP contribution in [0.1, 0.15) is 15.2 Å². The van der Waals surface area contributed by atoms with Crippen molar-refractivity contribution < 1.29 is 9.72 Å². The number of carbonyl (C=O) groups excluding carboxylic acids is 1. The molecular weight excluding hydrogens is 300 g/mol. The van der Waals surface area contributed by atoms with Gasteiger partial charge in [-0.15, -0.1) is 11.3 Å². The van der Waals surface area contributed by atoms with Crippen LogP contribution in [0.3, 0.4) is 0 Å². The number of ketones is 1. The molecule has 20 heavy (non-hydrogen) atoms. The number of rotatable bonds is 3. The van der Waals surface area contributed by atoms with E-state index in [1.807, 2.05) is 0 Å². The summed E-state index contributed by atoms with van der Waals surface area (Å²) in [6.45, 7) is 0. The molecule has 3 rings (SSSR count). The Morgan fingerprint density at radius 3 is 2.75 bits per heavy atom. The van der Waals surface area contributed by atoms with E-state index in [-0.39, 0.29) is 17.0 Å². The summed E-state index contributed by atoms with van der Waals surface area (Å²) in [6.07, 6.45) is 1.49. The van der Waals surface area contributed by atoms with Gasteiger partial charge in [0.2, 0.25) is 5.78 Å². The van der Waals surface area contributed by atoms with Gasteiger partial charge < -0.3 is 4.98 Å². The molecular formula is C13H7ClN2O3S. The van der Waals surface area contributed by atoms with Gasteiger partial charge in [-0.3, -0.25) is 14.9 Å². The van der Waals surface area contributed by atoms with Crippen molar-refractivity contribution in [3.63, 3.8) is 0 Å². The number of nitrogens with zero attached hydrogens (tertiary/aromatic N) is 1. The number of fused-ring (bicyclic) bond motifs is 1. The van der Waals surface area contributed by atoms with Crippen molar-refractivity contribution in [2.75, 3.05) is 0 Å². The van der Waals surface area contributed by atoms with Gasteiger partial charge >= 0.3 is 0 Å². The quantitative estimate of drug-likeness (QED) is 0.451. The van der Waals surface area contributed by atoms with Crippen LogP contribution in [0, 0.1) is 10.1 Å². The highest BCUT2D eigenvalue weighted by Gasteiger charge is 2.22. The third kappa shape index (κ3) is 1.99. The molecule has 100 valence electrons. The zero-order valence-electron chi connectivity index (χ0n) is 9.92. The number of aromatic nitrogens is 1. The largest absolute Gasteiger partial charge is 0.360 e. The van der Waals surface area contributed by atoms with Crippen LogP contribution in [0.25, 0.3) is 10.9 Å². The number of carbonyl (C=O) groups is 1. The summed E-state index contributed by atoms with van der Waals surface area (Å²) in [5, 5.41) is 11.4. The smallest absolute Gasteiger partial charge is 0.279 e. The van der Waals surface area contributed by atoms with Gasteiger partial charge in [0, 0.05) is 12.3 Å². The van der Waals surface area contributed by atoms with Crippen molar-refractivity contribution in [3.8, 4) is 0 Å². The molecule has 0 unspecified atom stereocenters. The lowest BCUT2D eigenvalue weighted by Crippen LogP contribution is -1.99. The lowest BCUT2D eigenvalue weighted by molar-refractivity contribution is -0.383. The summed E-state index contributed by atoms with van der Waals surface area (Å²) < 4.78 is 0.502. The predicted molar refractivity (Wildman–Crippen MR) is 77.7 cm³/mol. The number of hydrogen-bond donors (Lipinski definition) is 1. The molecule has 3 aromatic rings. The number of non-ortho nitro benzene ring substituents is 1. The molecule has 0 atom stereocenters. The molecule has 2 aromatic heterocycles. The summed E-state index contributed by atoms with van der Waals surface area (Å²) in [4.78, 5) is 26.4. The third-order valence-electron chi connectivity index (χ3n) is 2.92. The van der Waals surface area contributed by atoms with Crippen LogP contribution in [-0.4, -0.2) is 15.7 Å². The summed E-state index contributed by atoms with van der Waals surface area (Å²) in [6, 6.07) is 7.90. The topological polar surface area (TPSA) is 76.0 Å². The van der Waals surface area contributed by atoms with E-state index < -0.39 is 4.92 Å². The first-order chi connectivity index (χ1) is 9.58. The molecule has 2 heterocycles. The van der Waals surface area contributed by atoms with Gasteiger partial charge in [0.1, 0.15) is 0 Å². The SMILES string of the molecule is O=C(c1ccc(Cl)s1)c1c[nH]c2cccc([N+](=O)[O-])c12. The maximum atomic E-state index is 12.4. The molecule has 1 aromatic carbocycles. The predicted octanol–water partition coefficient (Wildman–Crippen LogP) is 4.02. The lowest BCUT2D eigenvalue weighted by atomic mass is 10.1. The third-order valence-corrected chi connectivity index (χ3v) is 4.15. The molecule has 0 radical (unpaired) electrons. The van der Waals surface area contributed by atoms with Gasteiger partial charge in [0.05, 0.1) is 30.6 Å². The van der Waals surface area contributed by atoms with Crippen LogP contribution < -0.4 is 0 Å². The van der Waals surface area contributed by atoms with Crippen molar-refractivity contribution >= 4 is 45.3 Å². The average molecular weight is 307 g/mol. The summed E-state index contributed by atoms with van der Waals surface area (Å²) in [7, 11) is 0.